The number of amides is 2. The second kappa shape index (κ2) is 16.2. The molecule has 44 heavy (non-hydrogen) atoms. The highest BCUT2D eigenvalue weighted by molar-refractivity contribution is 7.92. The van der Waals surface area contributed by atoms with E-state index < -0.39 is 28.5 Å². The third kappa shape index (κ3) is 8.72. The molecule has 3 rings (SSSR count). The second-order valence-corrected chi connectivity index (χ2v) is 13.0. The second-order valence-electron chi connectivity index (χ2n) is 9.84. The van der Waals surface area contributed by atoms with Crippen molar-refractivity contribution >= 4 is 62.3 Å². The van der Waals surface area contributed by atoms with Gasteiger partial charge in [0, 0.05) is 24.2 Å². The van der Waals surface area contributed by atoms with Crippen molar-refractivity contribution in [1.29, 1.82) is 0 Å². The number of methoxy groups -OCH3 is 2. The summed E-state index contributed by atoms with van der Waals surface area (Å²) < 4.78 is 39.9. The molecule has 0 spiro atoms. The zero-order valence-electron chi connectivity index (χ0n) is 25.0. The molecular formula is C31H36Cl3N3O6S. The Kier molecular flexibility index (Phi) is 13.0. The number of sulfonamides is 1. The van der Waals surface area contributed by atoms with E-state index in [1.165, 1.54) is 61.6 Å². The predicted molar refractivity (Wildman–Crippen MR) is 175 cm³/mol. The number of hydrogen-bond donors (Lipinski definition) is 1. The monoisotopic (exact) mass is 683 g/mol. The van der Waals surface area contributed by atoms with E-state index in [9.17, 15) is 18.0 Å². The van der Waals surface area contributed by atoms with Crippen LogP contribution < -0.4 is 19.1 Å². The molecule has 1 atom stereocenters. The number of benzene rings is 3. The number of nitrogens with one attached hydrogen (secondary N) is 1. The lowest BCUT2D eigenvalue weighted by Gasteiger charge is -2.33. The first-order valence-electron chi connectivity index (χ1n) is 14.0. The van der Waals surface area contributed by atoms with E-state index in [2.05, 4.69) is 5.32 Å². The zero-order chi connectivity index (χ0) is 32.4. The molecule has 3 aromatic rings. The lowest BCUT2D eigenvalue weighted by molar-refractivity contribution is -0.140. The quantitative estimate of drug-likeness (QED) is 0.181. The molecule has 0 unspecified atom stereocenters. The normalized spacial score (nSPS) is 11.9. The Balaban J connectivity index is 2.09. The van der Waals surface area contributed by atoms with Gasteiger partial charge in [0.2, 0.25) is 11.8 Å². The van der Waals surface area contributed by atoms with Gasteiger partial charge in [-0.25, -0.2) is 8.42 Å². The average molecular weight is 685 g/mol. The molecule has 0 fully saturated rings. The third-order valence-electron chi connectivity index (χ3n) is 6.89. The van der Waals surface area contributed by atoms with Crippen LogP contribution in [0.3, 0.4) is 0 Å². The van der Waals surface area contributed by atoms with Crippen molar-refractivity contribution in [2.45, 2.75) is 50.6 Å². The molecule has 0 aliphatic heterocycles. The van der Waals surface area contributed by atoms with Crippen LogP contribution in [-0.2, 0) is 26.2 Å². The molecule has 1 N–H and O–H groups in total. The van der Waals surface area contributed by atoms with Gasteiger partial charge in [0.25, 0.3) is 10.0 Å². The van der Waals surface area contributed by atoms with Crippen molar-refractivity contribution in [1.82, 2.24) is 10.2 Å². The molecule has 0 saturated carbocycles. The molecule has 0 radical (unpaired) electrons. The molecule has 0 saturated heterocycles. The number of unbranched alkanes of at least 4 members (excludes halogenated alkanes) is 1. The first-order chi connectivity index (χ1) is 21.0. The first kappa shape index (κ1) is 35.3. The van der Waals surface area contributed by atoms with Crippen LogP contribution in [-0.4, -0.2) is 58.5 Å². The van der Waals surface area contributed by atoms with E-state index in [1.807, 2.05) is 6.92 Å². The Bertz CT molecular complexity index is 1550. The highest BCUT2D eigenvalue weighted by Crippen LogP contribution is 2.33. The Morgan fingerprint density at radius 3 is 2.16 bits per heavy atom. The summed E-state index contributed by atoms with van der Waals surface area (Å²) in [5.41, 5.74) is 0.820. The Morgan fingerprint density at radius 2 is 1.57 bits per heavy atom. The number of anilines is 1. The van der Waals surface area contributed by atoms with Crippen LogP contribution >= 0.6 is 34.8 Å². The molecule has 0 aromatic heterocycles. The molecule has 238 valence electrons. The van der Waals surface area contributed by atoms with Crippen molar-refractivity contribution in [3.63, 3.8) is 0 Å². The Morgan fingerprint density at radius 1 is 0.886 bits per heavy atom. The van der Waals surface area contributed by atoms with Crippen molar-refractivity contribution < 1.29 is 27.5 Å². The van der Waals surface area contributed by atoms with E-state index in [-0.39, 0.29) is 40.2 Å². The smallest absolute Gasteiger partial charge is 0.264 e. The van der Waals surface area contributed by atoms with Crippen LogP contribution in [0.2, 0.25) is 15.1 Å². The van der Waals surface area contributed by atoms with Gasteiger partial charge in [-0.15, -0.1) is 0 Å². The summed E-state index contributed by atoms with van der Waals surface area (Å²) in [6, 6.07) is 14.3. The van der Waals surface area contributed by atoms with Gasteiger partial charge >= 0.3 is 0 Å². The third-order valence-corrected chi connectivity index (χ3v) is 9.65. The number of halogens is 3. The zero-order valence-corrected chi connectivity index (χ0v) is 28.1. The van der Waals surface area contributed by atoms with E-state index >= 15 is 0 Å². The molecule has 0 bridgehead atoms. The van der Waals surface area contributed by atoms with Gasteiger partial charge in [0.05, 0.1) is 34.8 Å². The van der Waals surface area contributed by atoms with Gasteiger partial charge < -0.3 is 19.7 Å². The van der Waals surface area contributed by atoms with Crippen LogP contribution in [0.1, 0.15) is 38.7 Å². The summed E-state index contributed by atoms with van der Waals surface area (Å²) in [6.07, 6.45) is 1.94. The number of hydrogen-bond acceptors (Lipinski definition) is 6. The van der Waals surface area contributed by atoms with Crippen LogP contribution in [0, 0.1) is 0 Å². The minimum Gasteiger partial charge on any atom is -0.493 e. The van der Waals surface area contributed by atoms with Crippen molar-refractivity contribution in [3.05, 3.63) is 81.3 Å². The van der Waals surface area contributed by atoms with Gasteiger partial charge in [-0.05, 0) is 66.9 Å². The lowest BCUT2D eigenvalue weighted by Crippen LogP contribution is -2.52. The van der Waals surface area contributed by atoms with Gasteiger partial charge in [-0.3, -0.25) is 13.9 Å². The first-order valence-corrected chi connectivity index (χ1v) is 16.6. The molecule has 2 amide bonds. The van der Waals surface area contributed by atoms with Crippen molar-refractivity contribution in [2.75, 3.05) is 31.6 Å². The minimum atomic E-state index is -4.34. The van der Waals surface area contributed by atoms with E-state index in [1.54, 1.807) is 25.1 Å². The van der Waals surface area contributed by atoms with Crippen LogP contribution in [0.25, 0.3) is 0 Å². The van der Waals surface area contributed by atoms with Crippen LogP contribution in [0.15, 0.2) is 65.6 Å². The maximum atomic E-state index is 14.2. The Hall–Kier alpha value is -3.18. The number of carbonyl (C=O) groups is 2. The molecule has 0 aliphatic rings. The topological polar surface area (TPSA) is 105 Å². The highest BCUT2D eigenvalue weighted by Gasteiger charge is 2.34. The van der Waals surface area contributed by atoms with Gasteiger partial charge in [-0.2, -0.15) is 0 Å². The average Bonchev–Trinajstić information content (AvgIpc) is 3.01. The van der Waals surface area contributed by atoms with Crippen LogP contribution in [0.5, 0.6) is 11.5 Å². The SMILES string of the molecule is CCCCNC(=O)[C@H](CC)N(Cc1ccc(Cl)c(Cl)c1)C(=O)CN(c1ccc(Cl)cc1)S(=O)(=O)c1ccc(OC)c(OC)c1. The van der Waals surface area contributed by atoms with Crippen LogP contribution in [0.4, 0.5) is 5.69 Å². The maximum Gasteiger partial charge on any atom is 0.264 e. The fourth-order valence-electron chi connectivity index (χ4n) is 4.50. The number of nitrogens with zero attached hydrogens (tertiary/aromatic N) is 2. The van der Waals surface area contributed by atoms with Gasteiger partial charge in [0.1, 0.15) is 12.6 Å². The van der Waals surface area contributed by atoms with E-state index in [0.717, 1.165) is 17.1 Å². The Labute approximate surface area is 274 Å². The van der Waals surface area contributed by atoms with Gasteiger partial charge in [0.15, 0.2) is 11.5 Å². The fourth-order valence-corrected chi connectivity index (χ4v) is 6.38. The summed E-state index contributed by atoms with van der Waals surface area (Å²) in [4.78, 5) is 28.8. The molecule has 13 heteroatoms. The number of carbonyl (C=O) groups excluding carboxylic acids is 2. The summed E-state index contributed by atoms with van der Waals surface area (Å²) in [5.74, 6) is -0.400. The molecule has 0 heterocycles. The van der Waals surface area contributed by atoms with E-state index in [0.29, 0.717) is 27.9 Å². The summed E-state index contributed by atoms with van der Waals surface area (Å²) in [6.45, 7) is 3.62. The lowest BCUT2D eigenvalue weighted by atomic mass is 10.1. The van der Waals surface area contributed by atoms with Crippen molar-refractivity contribution in [2.24, 2.45) is 0 Å². The molecule has 9 nitrogen and oxygen atoms in total. The largest absolute Gasteiger partial charge is 0.493 e. The van der Waals surface area contributed by atoms with Gasteiger partial charge in [-0.1, -0.05) is 61.1 Å². The van der Waals surface area contributed by atoms with Crippen molar-refractivity contribution in [3.8, 4) is 11.5 Å². The molecular weight excluding hydrogens is 649 g/mol. The summed E-state index contributed by atoms with van der Waals surface area (Å²) in [7, 11) is -1.51. The maximum absolute atomic E-state index is 14.2. The van der Waals surface area contributed by atoms with E-state index in [4.69, 9.17) is 44.3 Å². The highest BCUT2D eigenvalue weighted by atomic mass is 35.5. The predicted octanol–water partition coefficient (Wildman–Crippen LogP) is 6.58. The fraction of sp³-hybridized carbons (Fsp3) is 0.355. The number of ether oxygens (including phenoxy) is 2. The summed E-state index contributed by atoms with van der Waals surface area (Å²) >= 11 is 18.5. The standard InChI is InChI=1S/C31H36Cl3N3O6S/c1-5-7-16-35-31(39)27(6-2)36(19-21-8-14-25(33)26(34)17-21)30(38)20-37(23-11-9-22(32)10-12-23)44(40,41)24-13-15-28(42-3)29(18-24)43-4/h8-15,17-18,27H,5-7,16,19-20H2,1-4H3,(H,35,39)/t27-/m0/s1. The summed E-state index contributed by atoms with van der Waals surface area (Å²) in [5, 5.41) is 3.91. The number of rotatable bonds is 15. The molecule has 0 aliphatic carbocycles. The molecule has 3 aromatic carbocycles. The minimum absolute atomic E-state index is 0.0136.